The second-order valence-electron chi connectivity index (χ2n) is 7.32. The second kappa shape index (κ2) is 7.45. The van der Waals surface area contributed by atoms with Gasteiger partial charge in [-0.25, -0.2) is 4.39 Å². The number of halogens is 1. The smallest absolute Gasteiger partial charge is 0.123 e. The fraction of sp³-hybridized carbons (Fsp3) is 0.429. The zero-order valence-corrected chi connectivity index (χ0v) is 14.6. The quantitative estimate of drug-likeness (QED) is 0.925. The average Bonchev–Trinajstić information content (AvgIpc) is 2.50. The molecule has 2 N–H and O–H groups in total. The fourth-order valence-corrected chi connectivity index (χ4v) is 3.83. The first-order valence-electron chi connectivity index (χ1n) is 8.78. The Hall–Kier alpha value is -1.71. The van der Waals surface area contributed by atoms with Crippen LogP contribution in [0.5, 0.6) is 0 Å². The minimum atomic E-state index is -0.153. The Labute approximate surface area is 144 Å². The van der Waals surface area contributed by atoms with Crippen LogP contribution < -0.4 is 5.73 Å². The van der Waals surface area contributed by atoms with E-state index in [1.807, 2.05) is 6.07 Å². The topological polar surface area (TPSA) is 29.3 Å². The van der Waals surface area contributed by atoms with E-state index in [-0.39, 0.29) is 11.9 Å². The van der Waals surface area contributed by atoms with Crippen molar-refractivity contribution in [3.8, 4) is 0 Å². The minimum Gasteiger partial charge on any atom is -0.327 e. The number of hydrogen-bond acceptors (Lipinski definition) is 2. The summed E-state index contributed by atoms with van der Waals surface area (Å²) >= 11 is 0. The molecule has 2 aromatic rings. The molecule has 0 bridgehead atoms. The lowest BCUT2D eigenvalue weighted by molar-refractivity contribution is 0.149. The first-order valence-corrected chi connectivity index (χ1v) is 8.78. The maximum atomic E-state index is 13.4. The molecule has 0 aliphatic carbocycles. The predicted octanol–water partition coefficient (Wildman–Crippen LogP) is 3.83. The van der Waals surface area contributed by atoms with E-state index < -0.39 is 0 Å². The van der Waals surface area contributed by atoms with Gasteiger partial charge in [-0.05, 0) is 61.4 Å². The Morgan fingerprint density at radius 3 is 2.75 bits per heavy atom. The fourth-order valence-electron chi connectivity index (χ4n) is 3.83. The Kier molecular flexibility index (Phi) is 5.32. The maximum Gasteiger partial charge on any atom is 0.123 e. The first kappa shape index (κ1) is 17.1. The standard InChI is InChI=1S/C21H27FN2/c1-15-6-7-16(2)19(8-15)13-24-12-18(11-21(23)14-24)9-17-4-3-5-20(22)10-17/h3-8,10,18,21H,9,11-14,23H2,1-2H3. The summed E-state index contributed by atoms with van der Waals surface area (Å²) < 4.78 is 13.4. The van der Waals surface area contributed by atoms with Crippen LogP contribution in [-0.4, -0.2) is 24.0 Å². The van der Waals surface area contributed by atoms with Crippen LogP contribution in [-0.2, 0) is 13.0 Å². The van der Waals surface area contributed by atoms with Gasteiger partial charge in [-0.3, -0.25) is 4.90 Å². The molecule has 0 aromatic heterocycles. The van der Waals surface area contributed by atoms with Gasteiger partial charge in [0.25, 0.3) is 0 Å². The van der Waals surface area contributed by atoms with E-state index in [4.69, 9.17) is 5.73 Å². The molecule has 2 aromatic carbocycles. The summed E-state index contributed by atoms with van der Waals surface area (Å²) in [5.74, 6) is 0.334. The molecule has 3 rings (SSSR count). The summed E-state index contributed by atoms with van der Waals surface area (Å²) in [6.07, 6.45) is 1.91. The molecule has 0 saturated carbocycles. The lowest BCUT2D eigenvalue weighted by Gasteiger charge is -2.36. The summed E-state index contributed by atoms with van der Waals surface area (Å²) in [7, 11) is 0. The van der Waals surface area contributed by atoms with Crippen molar-refractivity contribution in [2.75, 3.05) is 13.1 Å². The lowest BCUT2D eigenvalue weighted by atomic mass is 9.88. The van der Waals surface area contributed by atoms with Crippen molar-refractivity contribution in [1.82, 2.24) is 4.90 Å². The molecule has 1 aliphatic heterocycles. The third kappa shape index (κ3) is 4.43. The van der Waals surface area contributed by atoms with E-state index in [1.54, 1.807) is 12.1 Å². The average molecular weight is 326 g/mol. The SMILES string of the molecule is Cc1ccc(C)c(CN2CC(N)CC(Cc3cccc(F)c3)C2)c1. The monoisotopic (exact) mass is 326 g/mol. The predicted molar refractivity (Wildman–Crippen MR) is 97.4 cm³/mol. The molecule has 0 spiro atoms. The van der Waals surface area contributed by atoms with Crippen LogP contribution in [0.3, 0.4) is 0 Å². The van der Waals surface area contributed by atoms with Crippen molar-refractivity contribution in [1.29, 1.82) is 0 Å². The number of hydrogen-bond donors (Lipinski definition) is 1. The highest BCUT2D eigenvalue weighted by Crippen LogP contribution is 2.23. The molecular formula is C21H27FN2. The molecule has 1 heterocycles. The van der Waals surface area contributed by atoms with Gasteiger partial charge in [0.15, 0.2) is 0 Å². The van der Waals surface area contributed by atoms with Crippen LogP contribution in [0.4, 0.5) is 4.39 Å². The summed E-state index contributed by atoms with van der Waals surface area (Å²) in [6, 6.07) is 13.8. The van der Waals surface area contributed by atoms with Crippen molar-refractivity contribution >= 4 is 0 Å². The summed E-state index contributed by atoms with van der Waals surface area (Å²) in [5.41, 5.74) is 11.4. The normalized spacial score (nSPS) is 21.8. The van der Waals surface area contributed by atoms with Crippen LogP contribution >= 0.6 is 0 Å². The molecule has 2 atom stereocenters. The second-order valence-corrected chi connectivity index (χ2v) is 7.32. The molecule has 2 unspecified atom stereocenters. The summed E-state index contributed by atoms with van der Waals surface area (Å²) in [4.78, 5) is 2.46. The molecule has 1 aliphatic rings. The molecule has 0 amide bonds. The highest BCUT2D eigenvalue weighted by Gasteiger charge is 2.25. The number of piperidine rings is 1. The van der Waals surface area contributed by atoms with Crippen LogP contribution in [0.1, 0.15) is 28.7 Å². The van der Waals surface area contributed by atoms with Crippen molar-refractivity contribution in [2.24, 2.45) is 11.7 Å². The van der Waals surface area contributed by atoms with E-state index in [0.29, 0.717) is 5.92 Å². The highest BCUT2D eigenvalue weighted by atomic mass is 19.1. The van der Waals surface area contributed by atoms with Crippen LogP contribution in [0.2, 0.25) is 0 Å². The largest absolute Gasteiger partial charge is 0.327 e. The lowest BCUT2D eigenvalue weighted by Crippen LogP contribution is -2.47. The van der Waals surface area contributed by atoms with E-state index >= 15 is 0 Å². The molecule has 0 radical (unpaired) electrons. The van der Waals surface area contributed by atoms with Crippen molar-refractivity contribution in [3.05, 3.63) is 70.5 Å². The number of benzene rings is 2. The number of nitrogens with zero attached hydrogens (tertiary/aromatic N) is 1. The first-order chi connectivity index (χ1) is 11.5. The summed E-state index contributed by atoms with van der Waals surface area (Å²) in [6.45, 7) is 7.21. The molecule has 1 saturated heterocycles. The van der Waals surface area contributed by atoms with Gasteiger partial charge < -0.3 is 5.73 Å². The number of aryl methyl sites for hydroxylation is 2. The van der Waals surface area contributed by atoms with Gasteiger partial charge in [0.05, 0.1) is 0 Å². The molecule has 2 nitrogen and oxygen atoms in total. The van der Waals surface area contributed by atoms with Gasteiger partial charge in [0.1, 0.15) is 5.82 Å². The van der Waals surface area contributed by atoms with Gasteiger partial charge in [0.2, 0.25) is 0 Å². The molecule has 1 fully saturated rings. The Morgan fingerprint density at radius 2 is 1.96 bits per heavy atom. The molecule has 3 heteroatoms. The van der Waals surface area contributed by atoms with E-state index in [9.17, 15) is 4.39 Å². The van der Waals surface area contributed by atoms with Crippen LogP contribution in [0.15, 0.2) is 42.5 Å². The van der Waals surface area contributed by atoms with Gasteiger partial charge in [-0.1, -0.05) is 35.9 Å². The summed E-state index contributed by atoms with van der Waals surface area (Å²) in [5, 5.41) is 0. The van der Waals surface area contributed by atoms with Crippen molar-refractivity contribution < 1.29 is 4.39 Å². The van der Waals surface area contributed by atoms with Gasteiger partial charge in [-0.15, -0.1) is 0 Å². The van der Waals surface area contributed by atoms with Crippen molar-refractivity contribution in [3.63, 3.8) is 0 Å². The number of rotatable bonds is 4. The molecule has 24 heavy (non-hydrogen) atoms. The highest BCUT2D eigenvalue weighted by molar-refractivity contribution is 5.30. The van der Waals surface area contributed by atoms with E-state index in [1.165, 1.54) is 22.8 Å². The van der Waals surface area contributed by atoms with Gasteiger partial charge >= 0.3 is 0 Å². The van der Waals surface area contributed by atoms with Crippen LogP contribution in [0, 0.1) is 25.6 Å². The molecular weight excluding hydrogens is 299 g/mol. The van der Waals surface area contributed by atoms with Gasteiger partial charge in [0, 0.05) is 25.7 Å². The third-order valence-corrected chi connectivity index (χ3v) is 4.96. The zero-order valence-electron chi connectivity index (χ0n) is 14.6. The van der Waals surface area contributed by atoms with Gasteiger partial charge in [-0.2, -0.15) is 0 Å². The van der Waals surface area contributed by atoms with E-state index in [2.05, 4.69) is 36.9 Å². The Balaban J connectivity index is 1.68. The Morgan fingerprint density at radius 1 is 1.12 bits per heavy atom. The van der Waals surface area contributed by atoms with Crippen LogP contribution in [0.25, 0.3) is 0 Å². The maximum absolute atomic E-state index is 13.4. The van der Waals surface area contributed by atoms with Crippen molar-refractivity contribution in [2.45, 2.75) is 39.3 Å². The number of likely N-dealkylation sites (tertiary alicyclic amines) is 1. The molecule has 128 valence electrons. The van der Waals surface area contributed by atoms with E-state index in [0.717, 1.165) is 38.0 Å². The minimum absolute atomic E-state index is 0.153. The third-order valence-electron chi connectivity index (χ3n) is 4.96. The zero-order chi connectivity index (χ0) is 17.1. The number of nitrogens with two attached hydrogens (primary N) is 1. The Bertz CT molecular complexity index is 698.